The van der Waals surface area contributed by atoms with E-state index in [1.54, 1.807) is 13.8 Å². The van der Waals surface area contributed by atoms with Gasteiger partial charge < -0.3 is 9.59 Å². The van der Waals surface area contributed by atoms with Gasteiger partial charge in [0.15, 0.2) is 23.1 Å². The molecule has 0 bridgehead atoms. The molecule has 0 radical (unpaired) electrons. The first-order valence-corrected chi connectivity index (χ1v) is 5.89. The highest BCUT2D eigenvalue weighted by Crippen LogP contribution is 2.25. The summed E-state index contributed by atoms with van der Waals surface area (Å²) in [6, 6.07) is 0. The standard InChI is InChI=1S/C13H14O6/c1-6(2)3-9(16)10-12(18)7(4-14)11(17)8(5-15)13(10)19/h4-8,10H,3H2,1-2H3. The first-order valence-electron chi connectivity index (χ1n) is 5.89. The topological polar surface area (TPSA) is 102 Å². The molecule has 1 saturated carbocycles. The van der Waals surface area contributed by atoms with E-state index in [0.29, 0.717) is 0 Å². The van der Waals surface area contributed by atoms with Crippen molar-refractivity contribution in [2.75, 3.05) is 0 Å². The van der Waals surface area contributed by atoms with Crippen LogP contribution in [-0.2, 0) is 28.8 Å². The van der Waals surface area contributed by atoms with Gasteiger partial charge in [0.25, 0.3) is 0 Å². The number of rotatable bonds is 5. The van der Waals surface area contributed by atoms with Crippen molar-refractivity contribution in [2.45, 2.75) is 20.3 Å². The zero-order valence-corrected chi connectivity index (χ0v) is 10.6. The Bertz CT molecular complexity index is 432. The number of hydrogen-bond donors (Lipinski definition) is 0. The van der Waals surface area contributed by atoms with E-state index in [1.165, 1.54) is 0 Å². The van der Waals surface area contributed by atoms with Gasteiger partial charge in [-0.15, -0.1) is 0 Å². The number of Topliss-reactive ketones (excluding diaryl/α,β-unsaturated/α-hetero) is 4. The van der Waals surface area contributed by atoms with Crippen molar-refractivity contribution in [2.24, 2.45) is 23.7 Å². The van der Waals surface area contributed by atoms with Crippen molar-refractivity contribution >= 4 is 35.7 Å². The summed E-state index contributed by atoms with van der Waals surface area (Å²) in [4.78, 5) is 68.7. The molecule has 102 valence electrons. The van der Waals surface area contributed by atoms with Gasteiger partial charge in [-0.25, -0.2) is 0 Å². The second-order valence-electron chi connectivity index (χ2n) is 4.93. The van der Waals surface area contributed by atoms with Gasteiger partial charge in [-0.1, -0.05) is 13.8 Å². The van der Waals surface area contributed by atoms with Crippen LogP contribution in [0.1, 0.15) is 20.3 Å². The summed E-state index contributed by atoms with van der Waals surface area (Å²) < 4.78 is 0. The monoisotopic (exact) mass is 266 g/mol. The van der Waals surface area contributed by atoms with Crippen LogP contribution in [0.2, 0.25) is 0 Å². The third-order valence-corrected chi connectivity index (χ3v) is 3.00. The largest absolute Gasteiger partial charge is 0.302 e. The fraction of sp³-hybridized carbons (Fsp3) is 0.538. The minimum atomic E-state index is -1.69. The number of ketones is 4. The first-order chi connectivity index (χ1) is 8.84. The molecule has 0 spiro atoms. The number of carbonyl (C=O) groups is 6. The van der Waals surface area contributed by atoms with Gasteiger partial charge in [-0.05, 0) is 5.92 Å². The second kappa shape index (κ2) is 5.77. The molecule has 1 fully saturated rings. The molecule has 0 aromatic rings. The number of hydrogen-bond acceptors (Lipinski definition) is 6. The van der Waals surface area contributed by atoms with Crippen LogP contribution in [0.3, 0.4) is 0 Å². The number of carbonyl (C=O) groups excluding carboxylic acids is 6. The average molecular weight is 266 g/mol. The highest BCUT2D eigenvalue weighted by molar-refractivity contribution is 6.38. The van der Waals surface area contributed by atoms with Crippen LogP contribution in [0, 0.1) is 23.7 Å². The van der Waals surface area contributed by atoms with Crippen LogP contribution in [0.15, 0.2) is 0 Å². The van der Waals surface area contributed by atoms with Gasteiger partial charge in [-0.3, -0.25) is 19.2 Å². The number of aldehydes is 2. The summed E-state index contributed by atoms with van der Waals surface area (Å²) in [5.74, 6) is -8.80. The van der Waals surface area contributed by atoms with E-state index < -0.39 is 40.9 Å². The summed E-state index contributed by atoms with van der Waals surface area (Å²) in [6.07, 6.45) is 0.153. The minimum absolute atomic E-state index is 0.0203. The van der Waals surface area contributed by atoms with Gasteiger partial charge in [0.2, 0.25) is 0 Å². The van der Waals surface area contributed by atoms with E-state index in [0.717, 1.165) is 0 Å². The van der Waals surface area contributed by atoms with Crippen molar-refractivity contribution in [3.63, 3.8) is 0 Å². The Morgan fingerprint density at radius 3 is 1.74 bits per heavy atom. The van der Waals surface area contributed by atoms with Crippen molar-refractivity contribution in [3.8, 4) is 0 Å². The summed E-state index contributed by atoms with van der Waals surface area (Å²) in [7, 11) is 0. The summed E-state index contributed by atoms with van der Waals surface area (Å²) in [5, 5.41) is 0. The predicted octanol–water partition coefficient (Wildman–Crippen LogP) is -0.431. The van der Waals surface area contributed by atoms with Gasteiger partial charge in [0.05, 0.1) is 0 Å². The zero-order valence-electron chi connectivity index (χ0n) is 10.6. The highest BCUT2D eigenvalue weighted by Gasteiger charge is 2.51. The molecule has 0 amide bonds. The second-order valence-corrected chi connectivity index (χ2v) is 4.93. The predicted molar refractivity (Wildman–Crippen MR) is 62.1 cm³/mol. The van der Waals surface area contributed by atoms with Gasteiger partial charge in [0, 0.05) is 6.42 Å². The molecule has 6 heteroatoms. The maximum Gasteiger partial charge on any atom is 0.168 e. The molecular formula is C13H14O6. The molecule has 0 aromatic heterocycles. The molecular weight excluding hydrogens is 252 g/mol. The normalized spacial score (nSPS) is 27.5. The van der Waals surface area contributed by atoms with Crippen LogP contribution in [-0.4, -0.2) is 35.7 Å². The quantitative estimate of drug-likeness (QED) is 0.494. The van der Waals surface area contributed by atoms with Crippen molar-refractivity contribution < 1.29 is 28.8 Å². The maximum absolute atomic E-state index is 11.9. The Hall–Kier alpha value is -1.98. The molecule has 2 unspecified atom stereocenters. The molecule has 0 aromatic carbocycles. The fourth-order valence-corrected chi connectivity index (χ4v) is 2.08. The van der Waals surface area contributed by atoms with Crippen LogP contribution >= 0.6 is 0 Å². The van der Waals surface area contributed by atoms with E-state index >= 15 is 0 Å². The Morgan fingerprint density at radius 1 is 1.00 bits per heavy atom. The Balaban J connectivity index is 3.15. The summed E-state index contributed by atoms with van der Waals surface area (Å²) in [6.45, 7) is 3.46. The van der Waals surface area contributed by atoms with Gasteiger partial charge in [0.1, 0.15) is 30.3 Å². The van der Waals surface area contributed by atoms with E-state index in [1.807, 2.05) is 0 Å². The van der Waals surface area contributed by atoms with Crippen LogP contribution in [0.25, 0.3) is 0 Å². The molecule has 0 heterocycles. The third-order valence-electron chi connectivity index (χ3n) is 3.00. The zero-order chi connectivity index (χ0) is 14.7. The van der Waals surface area contributed by atoms with E-state index in [4.69, 9.17) is 0 Å². The van der Waals surface area contributed by atoms with Crippen LogP contribution < -0.4 is 0 Å². The molecule has 6 nitrogen and oxygen atoms in total. The van der Waals surface area contributed by atoms with Crippen molar-refractivity contribution in [3.05, 3.63) is 0 Å². The molecule has 0 aliphatic heterocycles. The SMILES string of the molecule is CC(C)CC(=O)C1C(=O)C(C=O)C(=O)C(C=O)C1=O. The molecule has 0 saturated heterocycles. The van der Waals surface area contributed by atoms with Crippen LogP contribution in [0.4, 0.5) is 0 Å². The van der Waals surface area contributed by atoms with Crippen LogP contribution in [0.5, 0.6) is 0 Å². The lowest BCUT2D eigenvalue weighted by molar-refractivity contribution is -0.153. The Morgan fingerprint density at radius 2 is 1.42 bits per heavy atom. The van der Waals surface area contributed by atoms with Gasteiger partial charge >= 0.3 is 0 Å². The van der Waals surface area contributed by atoms with Crippen molar-refractivity contribution in [1.82, 2.24) is 0 Å². The van der Waals surface area contributed by atoms with Crippen molar-refractivity contribution in [1.29, 1.82) is 0 Å². The third kappa shape index (κ3) is 2.72. The molecule has 2 atom stereocenters. The lowest BCUT2D eigenvalue weighted by Gasteiger charge is -2.25. The molecule has 1 rings (SSSR count). The smallest absolute Gasteiger partial charge is 0.168 e. The molecule has 19 heavy (non-hydrogen) atoms. The van der Waals surface area contributed by atoms with Gasteiger partial charge in [-0.2, -0.15) is 0 Å². The highest BCUT2D eigenvalue weighted by atomic mass is 16.2. The lowest BCUT2D eigenvalue weighted by atomic mass is 9.71. The van der Waals surface area contributed by atoms with E-state index in [2.05, 4.69) is 0 Å². The lowest BCUT2D eigenvalue weighted by Crippen LogP contribution is -2.52. The Labute approximate surface area is 109 Å². The first kappa shape index (κ1) is 15.1. The molecule has 0 N–H and O–H groups in total. The maximum atomic E-state index is 11.9. The molecule has 1 aliphatic carbocycles. The fourth-order valence-electron chi connectivity index (χ4n) is 2.08. The summed E-state index contributed by atoms with van der Waals surface area (Å²) in [5.41, 5.74) is 0. The van der Waals surface area contributed by atoms with E-state index in [9.17, 15) is 28.8 Å². The minimum Gasteiger partial charge on any atom is -0.302 e. The average Bonchev–Trinajstić information content (AvgIpc) is 2.28. The summed E-state index contributed by atoms with van der Waals surface area (Å²) >= 11 is 0. The van der Waals surface area contributed by atoms with E-state index in [-0.39, 0.29) is 24.9 Å². The Kier molecular flexibility index (Phi) is 4.58. The molecule has 1 aliphatic rings.